The Balaban J connectivity index is 0. The van der Waals surface area contributed by atoms with Crippen LogP contribution in [0.15, 0.2) is 0 Å². The molecule has 0 aliphatic heterocycles. The van der Waals surface area contributed by atoms with Crippen LogP contribution in [0.25, 0.3) is 0 Å². The van der Waals surface area contributed by atoms with Crippen molar-refractivity contribution in [3.8, 4) is 0 Å². The minimum Gasteiger partial charge on any atom is -0.748 e. The van der Waals surface area contributed by atoms with E-state index in [-0.39, 0.29) is 29.6 Å². The zero-order valence-electron chi connectivity index (χ0n) is 13.3. The van der Waals surface area contributed by atoms with Gasteiger partial charge in [-0.1, -0.05) is 65.2 Å². The van der Waals surface area contributed by atoms with Crippen LogP contribution in [0.1, 0.15) is 78.1 Å². The molecule has 0 radical (unpaired) electrons. The molecule has 2 unspecified atom stereocenters. The molecule has 0 aromatic heterocycles. The molecule has 116 valence electrons. The van der Waals surface area contributed by atoms with E-state index in [1.165, 1.54) is 0 Å². The Bertz CT molecular complexity index is 306. The Kier molecular flexibility index (Phi) is 15.7. The van der Waals surface area contributed by atoms with Gasteiger partial charge in [0.15, 0.2) is 0 Å². The Morgan fingerprint density at radius 3 is 1.75 bits per heavy atom. The molecule has 0 bridgehead atoms. The van der Waals surface area contributed by atoms with Gasteiger partial charge < -0.3 is 9.66 Å². The van der Waals surface area contributed by atoms with Crippen molar-refractivity contribution in [3.63, 3.8) is 0 Å². The van der Waals surface area contributed by atoms with Gasteiger partial charge in [-0.05, 0) is 12.8 Å². The molecule has 0 saturated heterocycles. The van der Waals surface area contributed by atoms with Gasteiger partial charge in [0.25, 0.3) is 0 Å². The second-order valence-corrected chi connectivity index (χ2v) is 6.89. The van der Waals surface area contributed by atoms with E-state index in [2.05, 4.69) is 13.8 Å². The minimum atomic E-state index is -4.39. The van der Waals surface area contributed by atoms with Gasteiger partial charge in [0, 0.05) is 0 Å². The summed E-state index contributed by atoms with van der Waals surface area (Å²) in [6.07, 6.45) is 7.38. The van der Waals surface area contributed by atoms with Crippen LogP contribution in [-0.4, -0.2) is 29.4 Å². The van der Waals surface area contributed by atoms with Crippen molar-refractivity contribution in [2.24, 2.45) is 0 Å². The van der Waals surface area contributed by atoms with E-state index in [1.54, 1.807) is 0 Å². The Hall–Kier alpha value is 0.870. The average Bonchev–Trinajstić information content (AvgIpc) is 2.33. The van der Waals surface area contributed by atoms with Crippen molar-refractivity contribution in [2.45, 2.75) is 89.4 Å². The summed E-state index contributed by atoms with van der Waals surface area (Å²) in [4.78, 5) is 0. The molecule has 1 N–H and O–H groups in total. The van der Waals surface area contributed by atoms with Gasteiger partial charge in [-0.25, -0.2) is 8.42 Å². The second-order valence-electron chi connectivity index (χ2n) is 5.30. The first-order valence-corrected chi connectivity index (χ1v) is 9.03. The van der Waals surface area contributed by atoms with Crippen LogP contribution in [0.4, 0.5) is 0 Å². The van der Waals surface area contributed by atoms with Gasteiger partial charge >= 0.3 is 29.6 Å². The number of hydrogen-bond donors (Lipinski definition) is 1. The fraction of sp³-hybridized carbons (Fsp3) is 1.00. The van der Waals surface area contributed by atoms with Gasteiger partial charge in [-0.3, -0.25) is 0 Å². The van der Waals surface area contributed by atoms with E-state index in [0.717, 1.165) is 44.9 Å². The topological polar surface area (TPSA) is 77.4 Å². The third kappa shape index (κ3) is 11.5. The molecule has 20 heavy (non-hydrogen) atoms. The third-order valence-electron chi connectivity index (χ3n) is 3.50. The number of aliphatic hydroxyl groups excluding tert-OH is 1. The smallest absolute Gasteiger partial charge is 0.748 e. The molecule has 0 rings (SSSR count). The fourth-order valence-corrected chi connectivity index (χ4v) is 3.24. The van der Waals surface area contributed by atoms with Crippen LogP contribution >= 0.6 is 0 Å². The van der Waals surface area contributed by atoms with E-state index in [4.69, 9.17) is 0 Å². The number of aliphatic hydroxyl groups is 1. The number of rotatable bonds is 12. The molecule has 2 atom stereocenters. The first-order valence-electron chi connectivity index (χ1n) is 7.56. The summed E-state index contributed by atoms with van der Waals surface area (Å²) < 4.78 is 33.6. The molecule has 6 heteroatoms. The molecule has 0 amide bonds. The normalized spacial score (nSPS) is 14.6. The summed E-state index contributed by atoms with van der Waals surface area (Å²) in [5.41, 5.74) is 0. The first-order chi connectivity index (χ1) is 8.93. The molecule has 0 heterocycles. The molecule has 0 aromatic rings. The molecule has 0 aromatic carbocycles. The van der Waals surface area contributed by atoms with E-state index in [0.29, 0.717) is 19.3 Å². The standard InChI is InChI=1S/C14H30O4S.Na/c1-3-5-7-9-11-13(15)14(19(16,17)18)12-10-8-6-4-2;/h13-15H,3-12H2,1-2H3,(H,16,17,18);/q;+1/p-1. The monoisotopic (exact) mass is 316 g/mol. The predicted octanol–water partition coefficient (Wildman–Crippen LogP) is 0.206. The van der Waals surface area contributed by atoms with Crippen molar-refractivity contribution >= 4 is 10.1 Å². The van der Waals surface area contributed by atoms with Crippen molar-refractivity contribution in [3.05, 3.63) is 0 Å². The Morgan fingerprint density at radius 2 is 1.35 bits per heavy atom. The van der Waals surface area contributed by atoms with Crippen molar-refractivity contribution < 1.29 is 47.6 Å². The summed E-state index contributed by atoms with van der Waals surface area (Å²) >= 11 is 0. The van der Waals surface area contributed by atoms with Crippen LogP contribution in [0.2, 0.25) is 0 Å². The quantitative estimate of drug-likeness (QED) is 0.317. The maximum atomic E-state index is 11.2. The molecule has 4 nitrogen and oxygen atoms in total. The molecule has 0 aliphatic carbocycles. The predicted molar refractivity (Wildman–Crippen MR) is 77.0 cm³/mol. The van der Waals surface area contributed by atoms with Crippen molar-refractivity contribution in [1.29, 1.82) is 0 Å². The van der Waals surface area contributed by atoms with Crippen LogP contribution in [0.3, 0.4) is 0 Å². The van der Waals surface area contributed by atoms with Gasteiger partial charge in [-0.2, -0.15) is 0 Å². The van der Waals surface area contributed by atoms with Gasteiger partial charge in [0.1, 0.15) is 10.1 Å². The first kappa shape index (κ1) is 23.1. The maximum absolute atomic E-state index is 11.2. The van der Waals surface area contributed by atoms with Gasteiger partial charge in [0.2, 0.25) is 0 Å². The van der Waals surface area contributed by atoms with Crippen molar-refractivity contribution in [2.75, 3.05) is 0 Å². The Labute approximate surface area is 146 Å². The summed E-state index contributed by atoms with van der Waals surface area (Å²) in [6, 6.07) is 0. The largest absolute Gasteiger partial charge is 1.00 e. The zero-order chi connectivity index (χ0) is 14.7. The number of hydrogen-bond acceptors (Lipinski definition) is 4. The molecule has 0 saturated carbocycles. The van der Waals surface area contributed by atoms with Crippen LogP contribution in [0.5, 0.6) is 0 Å². The van der Waals surface area contributed by atoms with Crippen molar-refractivity contribution in [1.82, 2.24) is 0 Å². The molecule has 0 fully saturated rings. The summed E-state index contributed by atoms with van der Waals surface area (Å²) in [5, 5.41) is 8.80. The van der Waals surface area contributed by atoms with E-state index >= 15 is 0 Å². The second kappa shape index (κ2) is 13.5. The summed E-state index contributed by atoms with van der Waals surface area (Å²) in [5.74, 6) is 0. The fourth-order valence-electron chi connectivity index (χ4n) is 2.27. The van der Waals surface area contributed by atoms with Gasteiger partial charge in [0.05, 0.1) is 11.4 Å². The minimum absolute atomic E-state index is 0. The van der Waals surface area contributed by atoms with Crippen LogP contribution in [-0.2, 0) is 10.1 Å². The van der Waals surface area contributed by atoms with Crippen LogP contribution < -0.4 is 29.6 Å². The summed E-state index contributed by atoms with van der Waals surface area (Å²) in [6.45, 7) is 4.17. The van der Waals surface area contributed by atoms with E-state index in [1.807, 2.05) is 0 Å². The van der Waals surface area contributed by atoms with E-state index in [9.17, 15) is 18.1 Å². The van der Waals surface area contributed by atoms with Crippen LogP contribution in [0, 0.1) is 0 Å². The molecule has 0 spiro atoms. The maximum Gasteiger partial charge on any atom is 1.00 e. The molecular weight excluding hydrogens is 287 g/mol. The third-order valence-corrected chi connectivity index (χ3v) is 4.79. The molecular formula is C14H29NaO4S. The molecule has 0 aliphatic rings. The summed E-state index contributed by atoms with van der Waals surface area (Å²) in [7, 11) is -4.39. The van der Waals surface area contributed by atoms with E-state index < -0.39 is 21.5 Å². The number of unbranched alkanes of at least 4 members (excludes halogenated alkanes) is 6. The zero-order valence-corrected chi connectivity index (χ0v) is 16.1. The SMILES string of the molecule is CCCCCCC(O)C(CCCCCC)S(=O)(=O)[O-].[Na+]. The average molecular weight is 316 g/mol. The van der Waals surface area contributed by atoms with Gasteiger partial charge in [-0.15, -0.1) is 0 Å². The Morgan fingerprint density at radius 1 is 0.900 bits per heavy atom.